The average Bonchev–Trinajstić information content (AvgIpc) is 3.36. The lowest BCUT2D eigenvalue weighted by Crippen LogP contribution is -2.25. The highest BCUT2D eigenvalue weighted by Crippen LogP contribution is 2.29. The molecule has 2 aliphatic heterocycles. The van der Waals surface area contributed by atoms with Gasteiger partial charge in [0.1, 0.15) is 30.8 Å². The van der Waals surface area contributed by atoms with Crippen LogP contribution >= 0.6 is 11.8 Å². The molecule has 8 nitrogen and oxygen atoms in total. The van der Waals surface area contributed by atoms with Crippen molar-refractivity contribution in [2.24, 2.45) is 5.92 Å². The van der Waals surface area contributed by atoms with E-state index in [2.05, 4.69) is 5.32 Å². The van der Waals surface area contributed by atoms with Gasteiger partial charge < -0.3 is 24.1 Å². The van der Waals surface area contributed by atoms with Crippen molar-refractivity contribution >= 4 is 22.9 Å². The lowest BCUT2D eigenvalue weighted by atomic mass is 10.1. The van der Waals surface area contributed by atoms with Crippen molar-refractivity contribution in [3.05, 3.63) is 76.7 Å². The fourth-order valence-electron chi connectivity index (χ4n) is 3.77. The van der Waals surface area contributed by atoms with Crippen LogP contribution in [0.5, 0.6) is 5.75 Å². The maximum Gasteiger partial charge on any atom is 0.358 e. The SMILES string of the molecule is Cc1ccc(C(COc2ccc(CC3SC(=O)NC3=O)cc2)OCC2=C(C(C)C)OC(O)O2)cc1. The predicted octanol–water partition coefficient (Wildman–Crippen LogP) is 4.22. The Morgan fingerprint density at radius 1 is 1.06 bits per heavy atom. The molecule has 0 radical (unpaired) electrons. The quantitative estimate of drug-likeness (QED) is 0.501. The fraction of sp³-hybridized carbons (Fsp3) is 0.385. The van der Waals surface area contributed by atoms with Crippen molar-refractivity contribution in [2.45, 2.75) is 45.0 Å². The highest BCUT2D eigenvalue weighted by molar-refractivity contribution is 8.15. The second kappa shape index (κ2) is 11.2. The third-order valence-corrected chi connectivity index (χ3v) is 6.63. The van der Waals surface area contributed by atoms with Crippen LogP contribution in [0.4, 0.5) is 4.79 Å². The number of rotatable bonds is 10. The first-order valence-corrected chi connectivity index (χ1v) is 12.3. The Hall–Kier alpha value is -3.01. The van der Waals surface area contributed by atoms with Crippen molar-refractivity contribution in [1.29, 1.82) is 0 Å². The van der Waals surface area contributed by atoms with Crippen molar-refractivity contribution in [3.8, 4) is 5.75 Å². The smallest absolute Gasteiger partial charge is 0.358 e. The second-order valence-electron chi connectivity index (χ2n) is 8.74. The Morgan fingerprint density at radius 2 is 1.77 bits per heavy atom. The summed E-state index contributed by atoms with van der Waals surface area (Å²) >= 11 is 1.02. The van der Waals surface area contributed by atoms with Crippen LogP contribution in [-0.2, 0) is 25.4 Å². The van der Waals surface area contributed by atoms with Crippen LogP contribution < -0.4 is 10.1 Å². The average molecular weight is 500 g/mol. The molecule has 1 saturated heterocycles. The lowest BCUT2D eigenvalue weighted by molar-refractivity contribution is -0.198. The monoisotopic (exact) mass is 499 g/mol. The molecule has 2 amide bonds. The fourth-order valence-corrected chi connectivity index (χ4v) is 4.63. The number of carbonyl (C=O) groups excluding carboxylic acids is 2. The highest BCUT2D eigenvalue weighted by atomic mass is 32.2. The van der Waals surface area contributed by atoms with Gasteiger partial charge in [-0.3, -0.25) is 14.9 Å². The summed E-state index contributed by atoms with van der Waals surface area (Å²) in [5, 5.41) is 11.3. The number of thioether (sulfide) groups is 1. The van der Waals surface area contributed by atoms with Gasteiger partial charge in [0.15, 0.2) is 5.76 Å². The lowest BCUT2D eigenvalue weighted by Gasteiger charge is -2.20. The van der Waals surface area contributed by atoms with Gasteiger partial charge in [0.25, 0.3) is 5.24 Å². The Bertz CT molecular complexity index is 1080. The van der Waals surface area contributed by atoms with E-state index in [1.807, 2.05) is 69.3 Å². The maximum absolute atomic E-state index is 11.8. The Balaban J connectivity index is 1.40. The minimum Gasteiger partial charge on any atom is -0.491 e. The predicted molar refractivity (Wildman–Crippen MR) is 130 cm³/mol. The highest BCUT2D eigenvalue weighted by Gasteiger charge is 2.31. The van der Waals surface area contributed by atoms with Gasteiger partial charge in [0, 0.05) is 5.92 Å². The molecule has 3 unspecified atom stereocenters. The van der Waals surface area contributed by atoms with Gasteiger partial charge in [-0.15, -0.1) is 0 Å². The normalized spacial score (nSPS) is 20.6. The van der Waals surface area contributed by atoms with Crippen molar-refractivity contribution < 1.29 is 33.6 Å². The molecule has 3 atom stereocenters. The van der Waals surface area contributed by atoms with E-state index in [0.717, 1.165) is 28.5 Å². The van der Waals surface area contributed by atoms with Gasteiger partial charge in [0.05, 0.1) is 5.25 Å². The van der Waals surface area contributed by atoms with E-state index in [1.54, 1.807) is 0 Å². The summed E-state index contributed by atoms with van der Waals surface area (Å²) in [6.07, 6.45) is 0.0842. The topological polar surface area (TPSA) is 103 Å². The van der Waals surface area contributed by atoms with E-state index in [4.69, 9.17) is 18.9 Å². The summed E-state index contributed by atoms with van der Waals surface area (Å²) in [5.74, 6) is 1.50. The van der Waals surface area contributed by atoms with Crippen LogP contribution in [0.2, 0.25) is 0 Å². The summed E-state index contributed by atoms with van der Waals surface area (Å²) in [7, 11) is 0. The molecule has 9 heteroatoms. The maximum atomic E-state index is 11.8. The van der Waals surface area contributed by atoms with E-state index in [-0.39, 0.29) is 36.4 Å². The zero-order chi connectivity index (χ0) is 24.9. The molecule has 186 valence electrons. The first-order chi connectivity index (χ1) is 16.8. The van der Waals surface area contributed by atoms with E-state index >= 15 is 0 Å². The number of amides is 2. The van der Waals surface area contributed by atoms with Crippen LogP contribution in [0.25, 0.3) is 0 Å². The van der Waals surface area contributed by atoms with Gasteiger partial charge in [-0.25, -0.2) is 0 Å². The Morgan fingerprint density at radius 3 is 2.40 bits per heavy atom. The first kappa shape index (κ1) is 25.1. The zero-order valence-corrected chi connectivity index (χ0v) is 20.7. The summed E-state index contributed by atoms with van der Waals surface area (Å²) in [6, 6.07) is 15.5. The van der Waals surface area contributed by atoms with Crippen LogP contribution in [0.15, 0.2) is 60.0 Å². The third-order valence-electron chi connectivity index (χ3n) is 5.65. The molecule has 4 rings (SSSR count). The minimum atomic E-state index is -1.31. The molecule has 0 saturated carbocycles. The molecule has 0 aromatic heterocycles. The summed E-state index contributed by atoms with van der Waals surface area (Å²) in [6.45, 7) is 5.00. The molecule has 1 fully saturated rings. The third kappa shape index (κ3) is 6.56. The standard InChI is InChI=1S/C26H29NO7S/c1-15(2)23-21(33-26(30)34-23)14-32-20(18-8-4-16(3)5-9-18)13-31-19-10-6-17(7-11-19)12-22-24(28)27-25(29)35-22/h4-11,15,20,22,26,30H,12-14H2,1-3H3,(H,27,28,29). The molecule has 2 heterocycles. The number of nitrogens with one attached hydrogen (secondary N) is 1. The molecular formula is C26H29NO7S. The number of allylic oxidation sites excluding steroid dienone is 1. The number of carbonyl (C=O) groups is 2. The van der Waals surface area contributed by atoms with Crippen LogP contribution in [0.1, 0.15) is 36.6 Å². The molecule has 0 spiro atoms. The first-order valence-electron chi connectivity index (χ1n) is 11.4. The van der Waals surface area contributed by atoms with Crippen molar-refractivity contribution in [1.82, 2.24) is 5.32 Å². The number of hydrogen-bond acceptors (Lipinski definition) is 8. The van der Waals surface area contributed by atoms with E-state index in [1.165, 1.54) is 0 Å². The number of hydrogen-bond donors (Lipinski definition) is 2. The molecule has 0 bridgehead atoms. The van der Waals surface area contributed by atoms with Gasteiger partial charge in [-0.05, 0) is 36.6 Å². The van der Waals surface area contributed by atoms with Gasteiger partial charge in [-0.2, -0.15) is 0 Å². The minimum absolute atomic E-state index is 0.0465. The van der Waals surface area contributed by atoms with E-state index in [9.17, 15) is 14.7 Å². The number of benzene rings is 2. The number of ether oxygens (including phenoxy) is 4. The molecule has 35 heavy (non-hydrogen) atoms. The Kier molecular flexibility index (Phi) is 8.00. The van der Waals surface area contributed by atoms with Crippen LogP contribution in [0.3, 0.4) is 0 Å². The van der Waals surface area contributed by atoms with E-state index < -0.39 is 11.7 Å². The van der Waals surface area contributed by atoms with Gasteiger partial charge in [-0.1, -0.05) is 67.6 Å². The van der Waals surface area contributed by atoms with Gasteiger partial charge >= 0.3 is 6.48 Å². The molecule has 0 aliphatic carbocycles. The van der Waals surface area contributed by atoms with Crippen molar-refractivity contribution in [3.63, 3.8) is 0 Å². The Labute approximate surface area is 208 Å². The number of aliphatic hydroxyl groups excluding tert-OH is 1. The molecule has 2 aromatic rings. The van der Waals surface area contributed by atoms with Crippen LogP contribution in [-0.4, -0.2) is 41.2 Å². The van der Waals surface area contributed by atoms with E-state index in [0.29, 0.717) is 23.7 Å². The molecular weight excluding hydrogens is 470 g/mol. The summed E-state index contributed by atoms with van der Waals surface area (Å²) in [4.78, 5) is 23.2. The molecule has 2 aliphatic rings. The van der Waals surface area contributed by atoms with Gasteiger partial charge in [0.2, 0.25) is 5.91 Å². The number of imide groups is 1. The van der Waals surface area contributed by atoms with Crippen LogP contribution in [0, 0.1) is 12.8 Å². The number of aliphatic hydroxyl groups is 1. The zero-order valence-electron chi connectivity index (χ0n) is 19.9. The van der Waals surface area contributed by atoms with Crippen molar-refractivity contribution in [2.75, 3.05) is 13.2 Å². The molecule has 2 aromatic carbocycles. The summed E-state index contributed by atoms with van der Waals surface area (Å²) < 4.78 is 22.9. The second-order valence-corrected chi connectivity index (χ2v) is 9.91. The summed E-state index contributed by atoms with van der Waals surface area (Å²) in [5.41, 5.74) is 3.03. The largest absolute Gasteiger partial charge is 0.491 e. The number of aryl methyl sites for hydroxylation is 1. The molecule has 2 N–H and O–H groups in total.